The van der Waals surface area contributed by atoms with Crippen molar-refractivity contribution in [3.05, 3.63) is 53.3 Å². The Balaban J connectivity index is 2.06. The molecule has 0 amide bonds. The summed E-state index contributed by atoms with van der Waals surface area (Å²) in [6.07, 6.45) is 3.57. The number of benzene rings is 1. The number of aromatic nitrogens is 1. The average molecular weight is 257 g/mol. The summed E-state index contributed by atoms with van der Waals surface area (Å²) in [5.41, 5.74) is 3.37. The van der Waals surface area contributed by atoms with Crippen LogP contribution in [0.1, 0.15) is 16.7 Å². The molecule has 1 aromatic carbocycles. The summed E-state index contributed by atoms with van der Waals surface area (Å²) in [7, 11) is -1.45. The molecule has 5 heteroatoms. The molecule has 0 aliphatic heterocycles. The number of hydrogen-bond acceptors (Lipinski definition) is 4. The standard InChI is InChI=1S/C14H16BNO3/c1-10-5-12(8-16-7-10)9-19-13-3-4-14(15(17)18)11(2)6-13/h3-8,17-18H,9H2,1-2H3. The van der Waals surface area contributed by atoms with Crippen LogP contribution in [0.25, 0.3) is 0 Å². The Morgan fingerprint density at radius 1 is 1.16 bits per heavy atom. The van der Waals surface area contributed by atoms with Gasteiger partial charge in [-0.25, -0.2) is 0 Å². The van der Waals surface area contributed by atoms with Crippen molar-refractivity contribution in [2.24, 2.45) is 0 Å². The van der Waals surface area contributed by atoms with E-state index in [-0.39, 0.29) is 0 Å². The monoisotopic (exact) mass is 257 g/mol. The van der Waals surface area contributed by atoms with Gasteiger partial charge in [0.25, 0.3) is 0 Å². The molecule has 0 saturated heterocycles. The highest BCUT2D eigenvalue weighted by Crippen LogP contribution is 2.14. The zero-order valence-corrected chi connectivity index (χ0v) is 11.0. The molecule has 98 valence electrons. The fourth-order valence-corrected chi connectivity index (χ4v) is 1.89. The summed E-state index contributed by atoms with van der Waals surface area (Å²) in [6.45, 7) is 4.24. The molecule has 0 radical (unpaired) electrons. The van der Waals surface area contributed by atoms with Crippen LogP contribution in [0.15, 0.2) is 36.7 Å². The molecule has 0 atom stereocenters. The van der Waals surface area contributed by atoms with Crippen LogP contribution in [0.5, 0.6) is 5.75 Å². The van der Waals surface area contributed by atoms with Gasteiger partial charge < -0.3 is 14.8 Å². The second kappa shape index (κ2) is 5.86. The summed E-state index contributed by atoms with van der Waals surface area (Å²) in [6, 6.07) is 7.19. The van der Waals surface area contributed by atoms with E-state index < -0.39 is 7.12 Å². The summed E-state index contributed by atoms with van der Waals surface area (Å²) in [4.78, 5) is 4.11. The van der Waals surface area contributed by atoms with Gasteiger partial charge in [0, 0.05) is 18.0 Å². The molecule has 1 aromatic heterocycles. The Morgan fingerprint density at radius 2 is 1.95 bits per heavy atom. The second-order valence-electron chi connectivity index (χ2n) is 4.55. The number of pyridine rings is 1. The van der Waals surface area contributed by atoms with Crippen molar-refractivity contribution in [2.45, 2.75) is 20.5 Å². The largest absolute Gasteiger partial charge is 0.489 e. The predicted molar refractivity (Wildman–Crippen MR) is 74.3 cm³/mol. The third-order valence-electron chi connectivity index (χ3n) is 2.86. The maximum atomic E-state index is 9.14. The third-order valence-corrected chi connectivity index (χ3v) is 2.86. The van der Waals surface area contributed by atoms with Crippen LogP contribution in [0.4, 0.5) is 0 Å². The van der Waals surface area contributed by atoms with Crippen LogP contribution < -0.4 is 10.2 Å². The lowest BCUT2D eigenvalue weighted by atomic mass is 9.77. The zero-order chi connectivity index (χ0) is 13.8. The van der Waals surface area contributed by atoms with Crippen molar-refractivity contribution < 1.29 is 14.8 Å². The van der Waals surface area contributed by atoms with E-state index in [2.05, 4.69) is 4.98 Å². The molecule has 2 rings (SSSR count). The minimum Gasteiger partial charge on any atom is -0.489 e. The lowest BCUT2D eigenvalue weighted by Gasteiger charge is -2.10. The van der Waals surface area contributed by atoms with Crippen molar-refractivity contribution >= 4 is 12.6 Å². The molecule has 19 heavy (non-hydrogen) atoms. The van der Waals surface area contributed by atoms with Crippen molar-refractivity contribution in [3.8, 4) is 5.75 Å². The molecule has 0 bridgehead atoms. The summed E-state index contributed by atoms with van der Waals surface area (Å²) >= 11 is 0. The van der Waals surface area contributed by atoms with Crippen molar-refractivity contribution in [1.29, 1.82) is 0 Å². The summed E-state index contributed by atoms with van der Waals surface area (Å²) in [5.74, 6) is 0.698. The van der Waals surface area contributed by atoms with Gasteiger partial charge in [0.1, 0.15) is 12.4 Å². The second-order valence-corrected chi connectivity index (χ2v) is 4.55. The van der Waals surface area contributed by atoms with E-state index in [0.29, 0.717) is 17.8 Å². The molecule has 2 aromatic rings. The molecular formula is C14H16BNO3. The highest BCUT2D eigenvalue weighted by atomic mass is 16.5. The molecule has 1 heterocycles. The first-order chi connectivity index (χ1) is 9.06. The molecule has 0 aliphatic carbocycles. The minimum atomic E-state index is -1.45. The van der Waals surface area contributed by atoms with Crippen LogP contribution in [0.3, 0.4) is 0 Å². The van der Waals surface area contributed by atoms with Crippen LogP contribution in [-0.4, -0.2) is 22.2 Å². The molecule has 0 aliphatic rings. The van der Waals surface area contributed by atoms with Gasteiger partial charge >= 0.3 is 7.12 Å². The number of nitrogens with zero attached hydrogens (tertiary/aromatic N) is 1. The van der Waals surface area contributed by atoms with E-state index in [9.17, 15) is 0 Å². The first-order valence-corrected chi connectivity index (χ1v) is 6.06. The predicted octanol–water partition coefficient (Wildman–Crippen LogP) is 0.957. The van der Waals surface area contributed by atoms with Crippen molar-refractivity contribution in [2.75, 3.05) is 0 Å². The Bertz CT molecular complexity index is 572. The highest BCUT2D eigenvalue weighted by Gasteiger charge is 2.13. The van der Waals surface area contributed by atoms with Gasteiger partial charge in [0.05, 0.1) is 0 Å². The lowest BCUT2D eigenvalue weighted by Crippen LogP contribution is -2.31. The minimum absolute atomic E-state index is 0.440. The molecular weight excluding hydrogens is 241 g/mol. The molecule has 2 N–H and O–H groups in total. The molecule has 0 spiro atoms. The highest BCUT2D eigenvalue weighted by molar-refractivity contribution is 6.59. The third kappa shape index (κ3) is 3.56. The normalized spacial score (nSPS) is 10.3. The van der Waals surface area contributed by atoms with Crippen LogP contribution in [-0.2, 0) is 6.61 Å². The van der Waals surface area contributed by atoms with E-state index in [1.165, 1.54) is 0 Å². The Labute approximate surface area is 112 Å². The van der Waals surface area contributed by atoms with E-state index in [0.717, 1.165) is 16.7 Å². The topological polar surface area (TPSA) is 62.6 Å². The molecule has 0 unspecified atom stereocenters. The van der Waals surface area contributed by atoms with Gasteiger partial charge in [-0.05, 0) is 48.6 Å². The fraction of sp³-hybridized carbons (Fsp3) is 0.214. The van der Waals surface area contributed by atoms with Crippen molar-refractivity contribution in [3.63, 3.8) is 0 Å². The van der Waals surface area contributed by atoms with Crippen LogP contribution in [0, 0.1) is 13.8 Å². The average Bonchev–Trinajstić information content (AvgIpc) is 2.36. The number of ether oxygens (including phenoxy) is 1. The Hall–Kier alpha value is -1.85. The van der Waals surface area contributed by atoms with E-state index in [1.54, 1.807) is 30.6 Å². The molecule has 0 fully saturated rings. The van der Waals surface area contributed by atoms with Crippen LogP contribution in [0.2, 0.25) is 0 Å². The van der Waals surface area contributed by atoms with Gasteiger partial charge in [0.15, 0.2) is 0 Å². The first kappa shape index (κ1) is 13.6. The van der Waals surface area contributed by atoms with Crippen molar-refractivity contribution in [1.82, 2.24) is 4.98 Å². The zero-order valence-electron chi connectivity index (χ0n) is 11.0. The van der Waals surface area contributed by atoms with Gasteiger partial charge in [-0.1, -0.05) is 6.07 Å². The van der Waals surface area contributed by atoms with E-state index >= 15 is 0 Å². The smallest absolute Gasteiger partial charge is 0.488 e. The molecule has 4 nitrogen and oxygen atoms in total. The Morgan fingerprint density at radius 3 is 2.58 bits per heavy atom. The van der Waals surface area contributed by atoms with Gasteiger partial charge in [-0.2, -0.15) is 0 Å². The first-order valence-electron chi connectivity index (χ1n) is 6.06. The lowest BCUT2D eigenvalue weighted by molar-refractivity contribution is 0.305. The van der Waals surface area contributed by atoms with E-state index in [1.807, 2.05) is 19.9 Å². The number of aryl methyl sites for hydroxylation is 2. The van der Waals surface area contributed by atoms with Gasteiger partial charge in [-0.3, -0.25) is 4.98 Å². The maximum absolute atomic E-state index is 9.14. The quantitative estimate of drug-likeness (QED) is 0.801. The Kier molecular flexibility index (Phi) is 4.19. The van der Waals surface area contributed by atoms with E-state index in [4.69, 9.17) is 14.8 Å². The summed E-state index contributed by atoms with van der Waals surface area (Å²) in [5, 5.41) is 18.3. The number of rotatable bonds is 4. The summed E-state index contributed by atoms with van der Waals surface area (Å²) < 4.78 is 5.66. The SMILES string of the molecule is Cc1cncc(COc2ccc(B(O)O)c(C)c2)c1. The van der Waals surface area contributed by atoms with Gasteiger partial charge in [0.2, 0.25) is 0 Å². The molecule has 0 saturated carbocycles. The fourth-order valence-electron chi connectivity index (χ4n) is 1.89. The maximum Gasteiger partial charge on any atom is 0.488 e. The van der Waals surface area contributed by atoms with Gasteiger partial charge in [-0.15, -0.1) is 0 Å². The van der Waals surface area contributed by atoms with Crippen LogP contribution >= 0.6 is 0 Å². The number of hydrogen-bond donors (Lipinski definition) is 2.